The number of anilines is 1. The highest BCUT2D eigenvalue weighted by Gasteiger charge is 2.20. The van der Waals surface area contributed by atoms with E-state index in [0.717, 1.165) is 35.9 Å². The SMILES string of the molecule is Cc1c(Cl)nc(C(C)(C)C)nc1NCCc1cscn1. The van der Waals surface area contributed by atoms with Gasteiger partial charge in [-0.1, -0.05) is 32.4 Å². The fraction of sp³-hybridized carbons (Fsp3) is 0.500. The highest BCUT2D eigenvalue weighted by atomic mass is 35.5. The summed E-state index contributed by atoms with van der Waals surface area (Å²) in [6, 6.07) is 0. The van der Waals surface area contributed by atoms with Crippen LogP contribution in [0.5, 0.6) is 0 Å². The highest BCUT2D eigenvalue weighted by Crippen LogP contribution is 2.25. The molecule has 0 aliphatic carbocycles. The number of hydrogen-bond donors (Lipinski definition) is 1. The molecule has 0 fully saturated rings. The lowest BCUT2D eigenvalue weighted by Gasteiger charge is -2.19. The van der Waals surface area contributed by atoms with Gasteiger partial charge in [-0.25, -0.2) is 15.0 Å². The van der Waals surface area contributed by atoms with Crippen LogP contribution in [0.1, 0.15) is 37.9 Å². The molecule has 2 heterocycles. The number of nitrogens with one attached hydrogen (secondary N) is 1. The molecule has 108 valence electrons. The molecule has 0 atom stereocenters. The average Bonchev–Trinajstić information content (AvgIpc) is 2.86. The van der Waals surface area contributed by atoms with Crippen LogP contribution in [0.2, 0.25) is 5.15 Å². The summed E-state index contributed by atoms with van der Waals surface area (Å²) in [5.74, 6) is 1.56. The summed E-state index contributed by atoms with van der Waals surface area (Å²) in [5, 5.41) is 5.91. The average molecular weight is 311 g/mol. The lowest BCUT2D eigenvalue weighted by Crippen LogP contribution is -2.19. The van der Waals surface area contributed by atoms with Crippen LogP contribution in [0.4, 0.5) is 5.82 Å². The molecular formula is C14H19ClN4S. The van der Waals surface area contributed by atoms with Gasteiger partial charge in [-0.15, -0.1) is 11.3 Å². The molecule has 0 amide bonds. The monoisotopic (exact) mass is 310 g/mol. The molecule has 0 unspecified atom stereocenters. The standard InChI is InChI=1S/C14H19ClN4S/c1-9-11(15)18-13(14(2,3)4)19-12(9)16-6-5-10-7-20-8-17-10/h7-8H,5-6H2,1-4H3,(H,16,18,19). The fourth-order valence-electron chi connectivity index (χ4n) is 1.67. The van der Waals surface area contributed by atoms with E-state index in [9.17, 15) is 0 Å². The first-order chi connectivity index (χ1) is 9.38. The molecule has 20 heavy (non-hydrogen) atoms. The van der Waals surface area contributed by atoms with Crippen LogP contribution in [0.3, 0.4) is 0 Å². The Morgan fingerprint density at radius 2 is 2.05 bits per heavy atom. The van der Waals surface area contributed by atoms with E-state index in [-0.39, 0.29) is 5.41 Å². The zero-order valence-corrected chi connectivity index (χ0v) is 13.8. The van der Waals surface area contributed by atoms with Crippen LogP contribution in [0.15, 0.2) is 10.9 Å². The summed E-state index contributed by atoms with van der Waals surface area (Å²) >= 11 is 7.81. The van der Waals surface area contributed by atoms with Gasteiger partial charge in [0.25, 0.3) is 0 Å². The first-order valence-corrected chi connectivity index (χ1v) is 7.85. The predicted molar refractivity (Wildman–Crippen MR) is 84.8 cm³/mol. The first kappa shape index (κ1) is 15.2. The molecule has 0 aromatic carbocycles. The van der Waals surface area contributed by atoms with Crippen LogP contribution >= 0.6 is 22.9 Å². The maximum atomic E-state index is 6.20. The second kappa shape index (κ2) is 6.06. The van der Waals surface area contributed by atoms with Gasteiger partial charge in [0.05, 0.1) is 11.2 Å². The zero-order valence-electron chi connectivity index (χ0n) is 12.2. The second-order valence-corrected chi connectivity index (χ2v) is 6.79. The van der Waals surface area contributed by atoms with Crippen molar-refractivity contribution in [2.24, 2.45) is 0 Å². The molecule has 4 nitrogen and oxygen atoms in total. The Hall–Kier alpha value is -1.20. The summed E-state index contributed by atoms with van der Waals surface area (Å²) in [6.07, 6.45) is 0.870. The van der Waals surface area contributed by atoms with Crippen molar-refractivity contribution in [1.29, 1.82) is 0 Å². The predicted octanol–water partition coefficient (Wildman–Crippen LogP) is 3.85. The number of hydrogen-bond acceptors (Lipinski definition) is 5. The van der Waals surface area contributed by atoms with Crippen LogP contribution < -0.4 is 5.32 Å². The Labute approximate surface area is 128 Å². The van der Waals surface area contributed by atoms with Gasteiger partial charge in [-0.05, 0) is 6.92 Å². The molecule has 2 rings (SSSR count). The van der Waals surface area contributed by atoms with E-state index >= 15 is 0 Å². The van der Waals surface area contributed by atoms with Crippen molar-refractivity contribution in [3.05, 3.63) is 33.1 Å². The minimum atomic E-state index is -0.122. The Bertz CT molecular complexity index is 576. The maximum Gasteiger partial charge on any atom is 0.137 e. The molecule has 6 heteroatoms. The Morgan fingerprint density at radius 3 is 2.65 bits per heavy atom. The van der Waals surface area contributed by atoms with Crippen molar-refractivity contribution >= 4 is 28.8 Å². The zero-order chi connectivity index (χ0) is 14.8. The van der Waals surface area contributed by atoms with Gasteiger partial charge >= 0.3 is 0 Å². The van der Waals surface area contributed by atoms with Crippen molar-refractivity contribution in [2.45, 2.75) is 39.5 Å². The smallest absolute Gasteiger partial charge is 0.137 e. The number of aromatic nitrogens is 3. The van der Waals surface area contributed by atoms with Gasteiger partial charge in [0.2, 0.25) is 0 Å². The largest absolute Gasteiger partial charge is 0.369 e. The number of rotatable bonds is 4. The van der Waals surface area contributed by atoms with Crippen molar-refractivity contribution in [3.8, 4) is 0 Å². The van der Waals surface area contributed by atoms with Gasteiger partial charge in [0, 0.05) is 29.3 Å². The van der Waals surface area contributed by atoms with Crippen LogP contribution in [0, 0.1) is 6.92 Å². The van der Waals surface area contributed by atoms with Crippen LogP contribution in [0.25, 0.3) is 0 Å². The molecule has 0 spiro atoms. The van der Waals surface area contributed by atoms with Gasteiger partial charge in [0.15, 0.2) is 0 Å². The van der Waals surface area contributed by atoms with Crippen molar-refractivity contribution in [2.75, 3.05) is 11.9 Å². The fourth-order valence-corrected chi connectivity index (χ4v) is 2.43. The molecule has 0 saturated carbocycles. The van der Waals surface area contributed by atoms with Crippen molar-refractivity contribution in [3.63, 3.8) is 0 Å². The second-order valence-electron chi connectivity index (χ2n) is 5.72. The number of nitrogens with zero attached hydrogens (tertiary/aromatic N) is 3. The Morgan fingerprint density at radius 1 is 1.30 bits per heavy atom. The highest BCUT2D eigenvalue weighted by molar-refractivity contribution is 7.07. The molecule has 0 radical (unpaired) electrons. The summed E-state index contributed by atoms with van der Waals surface area (Å²) in [4.78, 5) is 13.2. The van der Waals surface area contributed by atoms with Gasteiger partial charge in [-0.3, -0.25) is 0 Å². The lowest BCUT2D eigenvalue weighted by atomic mass is 9.95. The Balaban J connectivity index is 2.12. The van der Waals surface area contributed by atoms with E-state index < -0.39 is 0 Å². The van der Waals surface area contributed by atoms with Crippen molar-refractivity contribution < 1.29 is 0 Å². The normalized spacial score (nSPS) is 11.7. The molecule has 1 N–H and O–H groups in total. The van der Waals surface area contributed by atoms with E-state index in [2.05, 4.69) is 46.4 Å². The van der Waals surface area contributed by atoms with Crippen LogP contribution in [-0.4, -0.2) is 21.5 Å². The molecule has 0 aliphatic heterocycles. The lowest BCUT2D eigenvalue weighted by molar-refractivity contribution is 0.545. The minimum absolute atomic E-state index is 0.122. The minimum Gasteiger partial charge on any atom is -0.369 e. The van der Waals surface area contributed by atoms with E-state index in [1.54, 1.807) is 11.3 Å². The summed E-state index contributed by atoms with van der Waals surface area (Å²) in [5.41, 5.74) is 3.71. The molecular weight excluding hydrogens is 292 g/mol. The van der Waals surface area contributed by atoms with Crippen molar-refractivity contribution in [1.82, 2.24) is 15.0 Å². The molecule has 0 saturated heterocycles. The summed E-state index contributed by atoms with van der Waals surface area (Å²) in [7, 11) is 0. The van der Waals surface area contributed by atoms with E-state index in [1.807, 2.05) is 12.4 Å². The Kier molecular flexibility index (Phi) is 4.60. The molecule has 2 aromatic heterocycles. The number of thiazole rings is 1. The third-order valence-electron chi connectivity index (χ3n) is 2.91. The van der Waals surface area contributed by atoms with Crippen LogP contribution in [-0.2, 0) is 11.8 Å². The summed E-state index contributed by atoms with van der Waals surface area (Å²) < 4.78 is 0. The summed E-state index contributed by atoms with van der Waals surface area (Å²) in [6.45, 7) is 8.94. The molecule has 0 bridgehead atoms. The maximum absolute atomic E-state index is 6.20. The molecule has 0 aliphatic rings. The van der Waals surface area contributed by atoms with Gasteiger partial charge in [-0.2, -0.15) is 0 Å². The van der Waals surface area contributed by atoms with Gasteiger partial charge in [0.1, 0.15) is 16.8 Å². The third-order valence-corrected chi connectivity index (χ3v) is 3.92. The van der Waals surface area contributed by atoms with E-state index in [1.165, 1.54) is 0 Å². The molecule has 2 aromatic rings. The number of halogens is 1. The van der Waals surface area contributed by atoms with Gasteiger partial charge < -0.3 is 5.32 Å². The van der Waals surface area contributed by atoms with E-state index in [4.69, 9.17) is 11.6 Å². The quantitative estimate of drug-likeness (QED) is 0.872. The third kappa shape index (κ3) is 3.67. The topological polar surface area (TPSA) is 50.7 Å². The first-order valence-electron chi connectivity index (χ1n) is 6.53. The van der Waals surface area contributed by atoms with E-state index in [0.29, 0.717) is 5.15 Å².